The average molecular weight is 291 g/mol. The zero-order valence-electron chi connectivity index (χ0n) is 11.4. The number of nitrogens with one attached hydrogen (secondary N) is 1. The van der Waals surface area contributed by atoms with Gasteiger partial charge in [0.2, 0.25) is 5.91 Å². The fraction of sp³-hybridized carbons (Fsp3) is 0.357. The molecule has 2 rings (SSSR count). The highest BCUT2D eigenvalue weighted by molar-refractivity contribution is 5.94. The molecule has 0 aromatic heterocycles. The Hall–Kier alpha value is -2.57. The van der Waals surface area contributed by atoms with Gasteiger partial charge >= 0.3 is 12.0 Å². The van der Waals surface area contributed by atoms with Crippen molar-refractivity contribution in [3.63, 3.8) is 0 Å². The topological polar surface area (TPSA) is 113 Å². The molecule has 1 unspecified atom stereocenters. The fourth-order valence-electron chi connectivity index (χ4n) is 2.34. The molecule has 1 atom stereocenters. The number of anilines is 1. The molecule has 7 heteroatoms. The van der Waals surface area contributed by atoms with E-state index in [1.165, 1.54) is 4.90 Å². The molecule has 7 nitrogen and oxygen atoms in total. The van der Waals surface area contributed by atoms with E-state index in [0.29, 0.717) is 12.1 Å². The molecule has 0 spiro atoms. The van der Waals surface area contributed by atoms with Gasteiger partial charge in [-0.3, -0.25) is 14.5 Å². The Morgan fingerprint density at radius 3 is 2.71 bits per heavy atom. The van der Waals surface area contributed by atoms with Gasteiger partial charge in [0.25, 0.3) is 0 Å². The number of amides is 3. The van der Waals surface area contributed by atoms with E-state index in [-0.39, 0.29) is 19.5 Å². The number of carbonyl (C=O) groups excluding carboxylic acids is 2. The van der Waals surface area contributed by atoms with Gasteiger partial charge in [0.15, 0.2) is 0 Å². The van der Waals surface area contributed by atoms with Gasteiger partial charge in [-0.1, -0.05) is 18.2 Å². The zero-order valence-corrected chi connectivity index (χ0v) is 11.4. The van der Waals surface area contributed by atoms with E-state index in [0.717, 1.165) is 5.56 Å². The van der Waals surface area contributed by atoms with Crippen LogP contribution in [0.2, 0.25) is 0 Å². The molecule has 0 saturated heterocycles. The molecule has 0 fully saturated rings. The van der Waals surface area contributed by atoms with Crippen molar-refractivity contribution in [2.45, 2.75) is 12.8 Å². The lowest BCUT2D eigenvalue weighted by Crippen LogP contribution is -2.47. The maximum absolute atomic E-state index is 12.2. The highest BCUT2D eigenvalue weighted by Crippen LogP contribution is 2.29. The van der Waals surface area contributed by atoms with Crippen molar-refractivity contribution in [3.8, 4) is 0 Å². The summed E-state index contributed by atoms with van der Waals surface area (Å²) in [5, 5.41) is 11.8. The first-order valence-electron chi connectivity index (χ1n) is 6.63. The van der Waals surface area contributed by atoms with Gasteiger partial charge in [0.05, 0.1) is 5.92 Å². The van der Waals surface area contributed by atoms with Crippen molar-refractivity contribution >= 4 is 23.6 Å². The van der Waals surface area contributed by atoms with Crippen molar-refractivity contribution in [1.29, 1.82) is 0 Å². The summed E-state index contributed by atoms with van der Waals surface area (Å²) in [6.45, 7) is 0.235. The summed E-state index contributed by atoms with van der Waals surface area (Å²) in [4.78, 5) is 35.5. The van der Waals surface area contributed by atoms with Crippen LogP contribution in [0.4, 0.5) is 10.5 Å². The Bertz CT molecular complexity index is 573. The summed E-state index contributed by atoms with van der Waals surface area (Å²) in [5.74, 6) is -2.07. The van der Waals surface area contributed by atoms with Crippen LogP contribution in [0.25, 0.3) is 0 Å². The molecule has 0 saturated carbocycles. The number of urea groups is 1. The molecule has 0 bridgehead atoms. The number of benzene rings is 1. The maximum atomic E-state index is 12.2. The molecule has 0 aliphatic carbocycles. The minimum absolute atomic E-state index is 0.0452. The van der Waals surface area contributed by atoms with Gasteiger partial charge in [-0.25, -0.2) is 4.79 Å². The maximum Gasteiger partial charge on any atom is 0.321 e. The van der Waals surface area contributed by atoms with Crippen molar-refractivity contribution in [1.82, 2.24) is 5.32 Å². The number of nitrogens with two attached hydrogens (primary N) is 1. The number of carbonyl (C=O) groups is 3. The minimum Gasteiger partial charge on any atom is -0.481 e. The molecule has 1 aromatic carbocycles. The predicted octanol–water partition coefficient (Wildman–Crippen LogP) is 0.335. The zero-order chi connectivity index (χ0) is 15.4. The van der Waals surface area contributed by atoms with E-state index in [1.807, 2.05) is 12.1 Å². The normalized spacial score (nSPS) is 17.0. The number of fused-ring (bicyclic) bond motifs is 1. The van der Waals surface area contributed by atoms with Gasteiger partial charge in [0.1, 0.15) is 0 Å². The Balaban J connectivity index is 2.15. The number of hydrogen-bond donors (Lipinski definition) is 3. The van der Waals surface area contributed by atoms with E-state index in [9.17, 15) is 19.5 Å². The van der Waals surface area contributed by atoms with Crippen molar-refractivity contribution in [3.05, 3.63) is 29.8 Å². The SMILES string of the molecule is NC(=O)CCNC(=O)N1CC(C(=O)O)Cc2ccccc21. The number of aliphatic carboxylic acids is 1. The molecule has 3 amide bonds. The molecule has 1 heterocycles. The summed E-state index contributed by atoms with van der Waals surface area (Å²) in [6, 6.07) is 6.78. The van der Waals surface area contributed by atoms with Crippen LogP contribution in [0.15, 0.2) is 24.3 Å². The number of carboxylic acids is 1. The van der Waals surface area contributed by atoms with Gasteiger partial charge < -0.3 is 16.2 Å². The quantitative estimate of drug-likeness (QED) is 0.742. The fourth-order valence-corrected chi connectivity index (χ4v) is 2.34. The van der Waals surface area contributed by atoms with Crippen LogP contribution in [0.1, 0.15) is 12.0 Å². The number of para-hydroxylation sites is 1. The lowest BCUT2D eigenvalue weighted by Gasteiger charge is -2.32. The van der Waals surface area contributed by atoms with E-state index in [1.54, 1.807) is 12.1 Å². The third-order valence-electron chi connectivity index (χ3n) is 3.39. The van der Waals surface area contributed by atoms with Crippen LogP contribution in [0.5, 0.6) is 0 Å². The molecule has 1 aromatic rings. The summed E-state index contributed by atoms with van der Waals surface area (Å²) in [7, 11) is 0. The van der Waals surface area contributed by atoms with Crippen LogP contribution >= 0.6 is 0 Å². The van der Waals surface area contributed by atoms with Gasteiger partial charge in [-0.15, -0.1) is 0 Å². The minimum atomic E-state index is -0.931. The number of hydrogen-bond acceptors (Lipinski definition) is 3. The van der Waals surface area contributed by atoms with E-state index in [4.69, 9.17) is 5.73 Å². The van der Waals surface area contributed by atoms with Crippen LogP contribution in [0, 0.1) is 5.92 Å². The van der Waals surface area contributed by atoms with E-state index in [2.05, 4.69) is 5.32 Å². The number of rotatable bonds is 4. The Morgan fingerprint density at radius 1 is 1.33 bits per heavy atom. The second-order valence-corrected chi connectivity index (χ2v) is 4.93. The summed E-state index contributed by atoms with van der Waals surface area (Å²) < 4.78 is 0. The Labute approximate surface area is 121 Å². The standard InChI is InChI=1S/C14H17N3O4/c15-12(18)5-6-16-14(21)17-8-10(13(19)20)7-9-3-1-2-4-11(9)17/h1-4,10H,5-8H2,(H2,15,18)(H,16,21)(H,19,20). The lowest BCUT2D eigenvalue weighted by atomic mass is 9.93. The predicted molar refractivity (Wildman–Crippen MR) is 75.8 cm³/mol. The lowest BCUT2D eigenvalue weighted by molar-refractivity contribution is -0.141. The van der Waals surface area contributed by atoms with Gasteiger partial charge in [-0.2, -0.15) is 0 Å². The second-order valence-electron chi connectivity index (χ2n) is 4.93. The first-order chi connectivity index (χ1) is 9.99. The summed E-state index contributed by atoms with van der Waals surface area (Å²) >= 11 is 0. The Kier molecular flexibility index (Phi) is 4.42. The van der Waals surface area contributed by atoms with Crippen LogP contribution < -0.4 is 16.0 Å². The monoisotopic (exact) mass is 291 g/mol. The van der Waals surface area contributed by atoms with Crippen LogP contribution in [-0.2, 0) is 16.0 Å². The highest BCUT2D eigenvalue weighted by Gasteiger charge is 2.31. The van der Waals surface area contributed by atoms with Crippen molar-refractivity contribution < 1.29 is 19.5 Å². The second kappa shape index (κ2) is 6.25. The van der Waals surface area contributed by atoms with Gasteiger partial charge in [-0.05, 0) is 18.1 Å². The Morgan fingerprint density at radius 2 is 2.05 bits per heavy atom. The number of primary amides is 1. The third kappa shape index (κ3) is 3.50. The molecule has 4 N–H and O–H groups in total. The number of carboxylic acid groups (broad SMARTS) is 1. The highest BCUT2D eigenvalue weighted by atomic mass is 16.4. The molecular weight excluding hydrogens is 274 g/mol. The summed E-state index contributed by atoms with van der Waals surface area (Å²) in [6.07, 6.45) is 0.445. The van der Waals surface area contributed by atoms with Gasteiger partial charge in [0, 0.05) is 25.2 Å². The van der Waals surface area contributed by atoms with Crippen molar-refractivity contribution in [2.75, 3.05) is 18.0 Å². The first kappa shape index (κ1) is 14.8. The van der Waals surface area contributed by atoms with E-state index >= 15 is 0 Å². The average Bonchev–Trinajstić information content (AvgIpc) is 2.45. The molecule has 1 aliphatic rings. The smallest absolute Gasteiger partial charge is 0.321 e. The van der Waals surface area contributed by atoms with Crippen LogP contribution in [0.3, 0.4) is 0 Å². The molecular formula is C14H17N3O4. The molecule has 0 radical (unpaired) electrons. The van der Waals surface area contributed by atoms with Crippen molar-refractivity contribution in [2.24, 2.45) is 11.7 Å². The summed E-state index contributed by atoms with van der Waals surface area (Å²) in [5.41, 5.74) is 6.54. The van der Waals surface area contributed by atoms with Crippen LogP contribution in [-0.4, -0.2) is 36.1 Å². The number of nitrogens with zero attached hydrogens (tertiary/aromatic N) is 1. The molecule has 21 heavy (non-hydrogen) atoms. The molecule has 112 valence electrons. The largest absolute Gasteiger partial charge is 0.481 e. The third-order valence-corrected chi connectivity index (χ3v) is 3.39. The first-order valence-corrected chi connectivity index (χ1v) is 6.63. The van der Waals surface area contributed by atoms with E-state index < -0.39 is 23.8 Å². The molecule has 1 aliphatic heterocycles.